The van der Waals surface area contributed by atoms with Crippen molar-refractivity contribution in [2.24, 2.45) is 0 Å². The molecular formula is C13H19F3O. The Morgan fingerprint density at radius 1 is 1.12 bits per heavy atom. The van der Waals surface area contributed by atoms with Crippen LogP contribution in [0.5, 0.6) is 5.75 Å². The van der Waals surface area contributed by atoms with Gasteiger partial charge in [0.25, 0.3) is 0 Å². The summed E-state index contributed by atoms with van der Waals surface area (Å²) in [6, 6.07) is 3.89. The van der Waals surface area contributed by atoms with Gasteiger partial charge in [-0.2, -0.15) is 13.2 Å². The normalized spacial score (nSPS) is 10.5. The third kappa shape index (κ3) is 5.61. The van der Waals surface area contributed by atoms with Crippen molar-refractivity contribution in [1.82, 2.24) is 0 Å². The number of hydrogen-bond acceptors (Lipinski definition) is 1. The van der Waals surface area contributed by atoms with E-state index in [0.29, 0.717) is 0 Å². The zero-order valence-corrected chi connectivity index (χ0v) is 10.7. The molecule has 0 heterocycles. The second-order valence-electron chi connectivity index (χ2n) is 3.68. The number of halogens is 3. The lowest BCUT2D eigenvalue weighted by molar-refractivity contribution is -0.138. The second-order valence-corrected chi connectivity index (χ2v) is 3.68. The summed E-state index contributed by atoms with van der Waals surface area (Å²) in [4.78, 5) is 0. The van der Waals surface area contributed by atoms with E-state index in [-0.39, 0.29) is 11.3 Å². The zero-order chi connectivity index (χ0) is 13.5. The standard InChI is InChI=1S/C9H9F3O.C4H10/c1-6-3-4-7(13-2)5-8(6)9(10,11)12;1-3-4-2/h3-5H,1-2H3;3-4H2,1-2H3. The minimum absolute atomic E-state index is 0.202. The molecule has 0 fully saturated rings. The van der Waals surface area contributed by atoms with Crippen LogP contribution >= 0.6 is 0 Å². The average Bonchev–Trinajstić information content (AvgIpc) is 2.28. The Hall–Kier alpha value is -1.19. The van der Waals surface area contributed by atoms with Gasteiger partial charge in [-0.15, -0.1) is 0 Å². The topological polar surface area (TPSA) is 9.23 Å². The summed E-state index contributed by atoms with van der Waals surface area (Å²) in [6.45, 7) is 5.78. The molecule has 4 heteroatoms. The van der Waals surface area contributed by atoms with Gasteiger partial charge < -0.3 is 4.74 Å². The van der Waals surface area contributed by atoms with Gasteiger partial charge in [0, 0.05) is 0 Å². The molecule has 98 valence electrons. The van der Waals surface area contributed by atoms with E-state index in [4.69, 9.17) is 4.74 Å². The highest BCUT2D eigenvalue weighted by molar-refractivity contribution is 5.36. The summed E-state index contributed by atoms with van der Waals surface area (Å²) < 4.78 is 41.6. The lowest BCUT2D eigenvalue weighted by atomic mass is 10.1. The SMILES string of the molecule is CCCC.COc1ccc(C)c(C(F)(F)F)c1. The molecule has 1 aromatic carbocycles. The molecule has 0 N–H and O–H groups in total. The monoisotopic (exact) mass is 248 g/mol. The largest absolute Gasteiger partial charge is 0.497 e. The quantitative estimate of drug-likeness (QED) is 0.728. The van der Waals surface area contributed by atoms with E-state index in [2.05, 4.69) is 13.8 Å². The molecule has 0 saturated carbocycles. The van der Waals surface area contributed by atoms with Crippen LogP contribution in [-0.4, -0.2) is 7.11 Å². The Kier molecular flexibility index (Phi) is 6.69. The fraction of sp³-hybridized carbons (Fsp3) is 0.538. The smallest absolute Gasteiger partial charge is 0.416 e. The lowest BCUT2D eigenvalue weighted by Crippen LogP contribution is -2.07. The Balaban J connectivity index is 0.000000557. The molecule has 0 saturated heterocycles. The van der Waals surface area contributed by atoms with Gasteiger partial charge in [0.1, 0.15) is 5.75 Å². The van der Waals surface area contributed by atoms with Crippen LogP contribution in [0.4, 0.5) is 13.2 Å². The highest BCUT2D eigenvalue weighted by atomic mass is 19.4. The predicted molar refractivity (Wildman–Crippen MR) is 63.3 cm³/mol. The predicted octanol–water partition coefficient (Wildman–Crippen LogP) is 4.83. The van der Waals surface area contributed by atoms with Crippen LogP contribution in [0.15, 0.2) is 18.2 Å². The van der Waals surface area contributed by atoms with Gasteiger partial charge in [0.15, 0.2) is 0 Å². The summed E-state index contributed by atoms with van der Waals surface area (Å²) in [5.74, 6) is 0.220. The summed E-state index contributed by atoms with van der Waals surface area (Å²) in [5, 5.41) is 0. The van der Waals surface area contributed by atoms with E-state index in [1.165, 1.54) is 39.0 Å². The molecule has 0 radical (unpaired) electrons. The number of unbranched alkanes of at least 4 members (excludes halogenated alkanes) is 1. The number of methoxy groups -OCH3 is 1. The molecule has 0 aromatic heterocycles. The van der Waals surface area contributed by atoms with Gasteiger partial charge in [-0.05, 0) is 24.6 Å². The number of rotatable bonds is 2. The average molecular weight is 248 g/mol. The summed E-state index contributed by atoms with van der Waals surface area (Å²) in [6.07, 6.45) is -1.67. The fourth-order valence-electron chi connectivity index (χ4n) is 1.03. The van der Waals surface area contributed by atoms with E-state index in [1.807, 2.05) is 0 Å². The van der Waals surface area contributed by atoms with Gasteiger partial charge in [-0.1, -0.05) is 32.8 Å². The van der Waals surface area contributed by atoms with Crippen molar-refractivity contribution in [2.45, 2.75) is 39.8 Å². The Morgan fingerprint density at radius 2 is 1.65 bits per heavy atom. The maximum absolute atomic E-state index is 12.3. The molecule has 1 aromatic rings. The minimum atomic E-state index is -4.31. The van der Waals surface area contributed by atoms with Gasteiger partial charge >= 0.3 is 6.18 Å². The molecule has 0 aliphatic carbocycles. The van der Waals surface area contributed by atoms with E-state index in [0.717, 1.165) is 6.07 Å². The number of hydrogen-bond donors (Lipinski definition) is 0. The molecular weight excluding hydrogens is 229 g/mol. The second kappa shape index (κ2) is 7.20. The van der Waals surface area contributed by atoms with Gasteiger partial charge in [-0.3, -0.25) is 0 Å². The van der Waals surface area contributed by atoms with Crippen LogP contribution in [0.3, 0.4) is 0 Å². The van der Waals surface area contributed by atoms with Crippen LogP contribution in [0.2, 0.25) is 0 Å². The van der Waals surface area contributed by atoms with Crippen molar-refractivity contribution >= 4 is 0 Å². The lowest BCUT2D eigenvalue weighted by Gasteiger charge is -2.11. The Bertz CT molecular complexity index is 330. The highest BCUT2D eigenvalue weighted by Gasteiger charge is 2.32. The number of benzene rings is 1. The van der Waals surface area contributed by atoms with E-state index in [9.17, 15) is 13.2 Å². The van der Waals surface area contributed by atoms with E-state index in [1.54, 1.807) is 0 Å². The van der Waals surface area contributed by atoms with Gasteiger partial charge in [-0.25, -0.2) is 0 Å². The first kappa shape index (κ1) is 15.8. The van der Waals surface area contributed by atoms with Crippen molar-refractivity contribution in [3.8, 4) is 5.75 Å². The van der Waals surface area contributed by atoms with E-state index < -0.39 is 11.7 Å². The fourth-order valence-corrected chi connectivity index (χ4v) is 1.03. The highest BCUT2D eigenvalue weighted by Crippen LogP contribution is 2.33. The van der Waals surface area contributed by atoms with Gasteiger partial charge in [0.05, 0.1) is 12.7 Å². The molecule has 0 amide bonds. The molecule has 0 unspecified atom stereocenters. The molecule has 1 rings (SSSR count). The Morgan fingerprint density at radius 3 is 2.00 bits per heavy atom. The number of ether oxygens (including phenoxy) is 1. The van der Waals surface area contributed by atoms with Crippen molar-refractivity contribution < 1.29 is 17.9 Å². The number of aryl methyl sites for hydroxylation is 1. The van der Waals surface area contributed by atoms with Crippen molar-refractivity contribution in [1.29, 1.82) is 0 Å². The maximum Gasteiger partial charge on any atom is 0.416 e. The third-order valence-corrected chi connectivity index (χ3v) is 2.25. The zero-order valence-electron chi connectivity index (χ0n) is 10.7. The van der Waals surface area contributed by atoms with Crippen LogP contribution in [0, 0.1) is 6.92 Å². The molecule has 0 spiro atoms. The summed E-state index contributed by atoms with van der Waals surface area (Å²) in [5.41, 5.74) is -0.444. The molecule has 0 aliphatic rings. The first-order valence-electron chi connectivity index (χ1n) is 5.58. The van der Waals surface area contributed by atoms with Crippen LogP contribution < -0.4 is 4.74 Å². The van der Waals surface area contributed by atoms with Gasteiger partial charge in [0.2, 0.25) is 0 Å². The molecule has 17 heavy (non-hydrogen) atoms. The summed E-state index contributed by atoms with van der Waals surface area (Å²) >= 11 is 0. The first-order valence-corrected chi connectivity index (χ1v) is 5.58. The van der Waals surface area contributed by atoms with E-state index >= 15 is 0 Å². The van der Waals surface area contributed by atoms with Crippen LogP contribution in [0.1, 0.15) is 37.8 Å². The van der Waals surface area contributed by atoms with Crippen molar-refractivity contribution in [3.05, 3.63) is 29.3 Å². The van der Waals surface area contributed by atoms with Crippen LogP contribution in [-0.2, 0) is 6.18 Å². The Labute approximate surface area is 101 Å². The summed E-state index contributed by atoms with van der Waals surface area (Å²) in [7, 11) is 1.34. The molecule has 0 bridgehead atoms. The molecule has 0 aliphatic heterocycles. The molecule has 1 nitrogen and oxygen atoms in total. The van der Waals surface area contributed by atoms with Crippen molar-refractivity contribution in [2.75, 3.05) is 7.11 Å². The maximum atomic E-state index is 12.3. The van der Waals surface area contributed by atoms with Crippen molar-refractivity contribution in [3.63, 3.8) is 0 Å². The third-order valence-electron chi connectivity index (χ3n) is 2.25. The molecule has 0 atom stereocenters. The number of alkyl halides is 3. The minimum Gasteiger partial charge on any atom is -0.497 e. The first-order chi connectivity index (χ1) is 7.86. The van der Waals surface area contributed by atoms with Crippen LogP contribution in [0.25, 0.3) is 0 Å².